The van der Waals surface area contributed by atoms with Crippen molar-refractivity contribution in [2.24, 2.45) is 0 Å². The van der Waals surface area contributed by atoms with Crippen LogP contribution in [0, 0.1) is 0 Å². The molecule has 4 atom stereocenters. The van der Waals surface area contributed by atoms with Crippen molar-refractivity contribution in [3.05, 3.63) is 22.7 Å². The average Bonchev–Trinajstić information content (AvgIpc) is 2.73. The zero-order valence-electron chi connectivity index (χ0n) is 11.2. The normalized spacial score (nSPS) is 29.8. The van der Waals surface area contributed by atoms with E-state index in [2.05, 4.69) is 4.98 Å². The molecule has 1 aromatic heterocycles. The molecule has 8 heteroatoms. The van der Waals surface area contributed by atoms with Crippen molar-refractivity contribution in [1.82, 2.24) is 9.55 Å². The van der Waals surface area contributed by atoms with Gasteiger partial charge in [0, 0.05) is 12.8 Å². The standard InChI is InChI=1S/C12H19N3O5/c1-2-5-19-10-7(6-16)20-11(9(10)17)15-4-3-8(13)14-12(15)18/h3-4,7,9-11,16-17H,2,5-6H2,1H3,(H2,13,14,18)/t7-,9-,10-,11-/m1/s1. The van der Waals surface area contributed by atoms with Gasteiger partial charge in [-0.2, -0.15) is 4.98 Å². The van der Waals surface area contributed by atoms with E-state index in [1.165, 1.54) is 12.3 Å². The average molecular weight is 285 g/mol. The first kappa shape index (κ1) is 14.9. The van der Waals surface area contributed by atoms with Crippen molar-refractivity contribution >= 4 is 5.82 Å². The molecule has 0 spiro atoms. The van der Waals surface area contributed by atoms with Crippen LogP contribution in [0.15, 0.2) is 17.1 Å². The van der Waals surface area contributed by atoms with Crippen LogP contribution in [-0.2, 0) is 9.47 Å². The maximum absolute atomic E-state index is 11.8. The Morgan fingerprint density at radius 2 is 2.35 bits per heavy atom. The summed E-state index contributed by atoms with van der Waals surface area (Å²) in [5.74, 6) is 0.0937. The fraction of sp³-hybridized carbons (Fsp3) is 0.667. The predicted octanol–water partition coefficient (Wildman–Crippen LogP) is -1.13. The second-order valence-electron chi connectivity index (χ2n) is 4.62. The van der Waals surface area contributed by atoms with Gasteiger partial charge < -0.3 is 25.4 Å². The van der Waals surface area contributed by atoms with Gasteiger partial charge in [0.05, 0.1) is 6.61 Å². The third-order valence-corrected chi connectivity index (χ3v) is 3.13. The third kappa shape index (κ3) is 2.83. The molecule has 112 valence electrons. The number of rotatable bonds is 5. The minimum Gasteiger partial charge on any atom is -0.394 e. The van der Waals surface area contributed by atoms with Gasteiger partial charge >= 0.3 is 5.69 Å². The van der Waals surface area contributed by atoms with Crippen LogP contribution in [-0.4, -0.2) is 51.3 Å². The van der Waals surface area contributed by atoms with E-state index in [0.717, 1.165) is 11.0 Å². The lowest BCUT2D eigenvalue weighted by atomic mass is 10.1. The quantitative estimate of drug-likeness (QED) is 0.626. The second kappa shape index (κ2) is 6.31. The number of ether oxygens (including phenoxy) is 2. The summed E-state index contributed by atoms with van der Waals surface area (Å²) in [4.78, 5) is 15.3. The third-order valence-electron chi connectivity index (χ3n) is 3.13. The summed E-state index contributed by atoms with van der Waals surface area (Å²) in [5, 5.41) is 19.5. The Bertz CT molecular complexity index is 506. The Morgan fingerprint density at radius 1 is 1.60 bits per heavy atom. The summed E-state index contributed by atoms with van der Waals surface area (Å²) in [7, 11) is 0. The van der Waals surface area contributed by atoms with Gasteiger partial charge in [0.15, 0.2) is 6.23 Å². The Labute approximate surface area is 115 Å². The number of aliphatic hydroxyl groups is 2. The Kier molecular flexibility index (Phi) is 4.71. The molecule has 1 aromatic rings. The number of nitrogens with zero attached hydrogens (tertiary/aromatic N) is 2. The van der Waals surface area contributed by atoms with Gasteiger partial charge in [-0.05, 0) is 12.5 Å². The topological polar surface area (TPSA) is 120 Å². The number of aliphatic hydroxyl groups excluding tert-OH is 2. The van der Waals surface area contributed by atoms with Crippen LogP contribution in [0.4, 0.5) is 5.82 Å². The maximum atomic E-state index is 11.8. The van der Waals surface area contributed by atoms with Gasteiger partial charge in [0.25, 0.3) is 0 Å². The van der Waals surface area contributed by atoms with Gasteiger partial charge in [0.1, 0.15) is 24.1 Å². The molecule has 0 aromatic carbocycles. The van der Waals surface area contributed by atoms with E-state index >= 15 is 0 Å². The lowest BCUT2D eigenvalue weighted by Gasteiger charge is -2.19. The van der Waals surface area contributed by atoms with Gasteiger partial charge in [-0.1, -0.05) is 6.92 Å². The summed E-state index contributed by atoms with van der Waals surface area (Å²) >= 11 is 0. The molecule has 20 heavy (non-hydrogen) atoms. The lowest BCUT2D eigenvalue weighted by Crippen LogP contribution is -2.38. The van der Waals surface area contributed by atoms with Crippen molar-refractivity contribution in [1.29, 1.82) is 0 Å². The van der Waals surface area contributed by atoms with E-state index < -0.39 is 30.2 Å². The zero-order valence-corrected chi connectivity index (χ0v) is 11.2. The minimum absolute atomic E-state index is 0.0937. The fourth-order valence-corrected chi connectivity index (χ4v) is 2.18. The molecule has 0 bridgehead atoms. The number of hydrogen-bond donors (Lipinski definition) is 3. The predicted molar refractivity (Wildman–Crippen MR) is 69.9 cm³/mol. The SMILES string of the molecule is CCCO[C@H]1[C@@H](O)[C@H](n2ccc(N)nc2=O)O[C@@H]1CO. The highest BCUT2D eigenvalue weighted by Crippen LogP contribution is 2.30. The molecule has 1 aliphatic rings. The molecule has 0 saturated carbocycles. The molecule has 1 aliphatic heterocycles. The molecule has 1 fully saturated rings. The largest absolute Gasteiger partial charge is 0.394 e. The molecular formula is C12H19N3O5. The maximum Gasteiger partial charge on any atom is 0.351 e. The van der Waals surface area contributed by atoms with Crippen LogP contribution in [0.1, 0.15) is 19.6 Å². The lowest BCUT2D eigenvalue weighted by molar-refractivity contribution is -0.0620. The Morgan fingerprint density at radius 3 is 2.95 bits per heavy atom. The molecule has 2 heterocycles. The highest BCUT2D eigenvalue weighted by molar-refractivity contribution is 5.23. The van der Waals surface area contributed by atoms with Crippen molar-refractivity contribution in [2.75, 3.05) is 18.9 Å². The molecule has 0 radical (unpaired) electrons. The van der Waals surface area contributed by atoms with Crippen LogP contribution in [0.5, 0.6) is 0 Å². The first-order chi connectivity index (χ1) is 9.58. The summed E-state index contributed by atoms with van der Waals surface area (Å²) in [6.45, 7) is 2.06. The number of aromatic nitrogens is 2. The highest BCUT2D eigenvalue weighted by Gasteiger charge is 2.45. The van der Waals surface area contributed by atoms with E-state index in [4.69, 9.17) is 15.2 Å². The van der Waals surface area contributed by atoms with E-state index in [0.29, 0.717) is 6.61 Å². The molecule has 2 rings (SSSR count). The number of hydrogen-bond acceptors (Lipinski definition) is 7. The van der Waals surface area contributed by atoms with Gasteiger partial charge in [-0.3, -0.25) is 4.57 Å². The smallest absolute Gasteiger partial charge is 0.351 e. The molecule has 0 amide bonds. The van der Waals surface area contributed by atoms with Gasteiger partial charge in [-0.25, -0.2) is 4.79 Å². The molecule has 0 unspecified atom stereocenters. The fourth-order valence-electron chi connectivity index (χ4n) is 2.18. The van der Waals surface area contributed by atoms with E-state index in [1.54, 1.807) is 0 Å². The first-order valence-electron chi connectivity index (χ1n) is 6.49. The molecule has 0 aliphatic carbocycles. The Balaban J connectivity index is 2.23. The van der Waals surface area contributed by atoms with Crippen LogP contribution in [0.25, 0.3) is 0 Å². The van der Waals surface area contributed by atoms with Crippen LogP contribution >= 0.6 is 0 Å². The molecule has 1 saturated heterocycles. The first-order valence-corrected chi connectivity index (χ1v) is 6.49. The number of nitrogen functional groups attached to an aromatic ring is 1. The summed E-state index contributed by atoms with van der Waals surface area (Å²) in [5.41, 5.74) is 4.79. The van der Waals surface area contributed by atoms with Crippen molar-refractivity contribution < 1.29 is 19.7 Å². The van der Waals surface area contributed by atoms with Crippen molar-refractivity contribution in [2.45, 2.75) is 37.9 Å². The number of anilines is 1. The summed E-state index contributed by atoms with van der Waals surface area (Å²) in [6, 6.07) is 1.44. The highest BCUT2D eigenvalue weighted by atomic mass is 16.6. The minimum atomic E-state index is -1.07. The molecule has 4 N–H and O–H groups in total. The van der Waals surface area contributed by atoms with Crippen molar-refractivity contribution in [3.8, 4) is 0 Å². The van der Waals surface area contributed by atoms with Crippen LogP contribution in [0.3, 0.4) is 0 Å². The molecule has 8 nitrogen and oxygen atoms in total. The number of nitrogens with two attached hydrogens (primary N) is 1. The van der Waals surface area contributed by atoms with Crippen LogP contribution < -0.4 is 11.4 Å². The zero-order chi connectivity index (χ0) is 14.7. The van der Waals surface area contributed by atoms with Crippen LogP contribution in [0.2, 0.25) is 0 Å². The summed E-state index contributed by atoms with van der Waals surface area (Å²) in [6.07, 6.45) is -1.22. The monoisotopic (exact) mass is 285 g/mol. The molecular weight excluding hydrogens is 266 g/mol. The van der Waals surface area contributed by atoms with E-state index in [9.17, 15) is 15.0 Å². The summed E-state index contributed by atoms with van der Waals surface area (Å²) < 4.78 is 12.1. The van der Waals surface area contributed by atoms with E-state index in [-0.39, 0.29) is 12.4 Å². The second-order valence-corrected chi connectivity index (χ2v) is 4.62. The van der Waals surface area contributed by atoms with E-state index in [1.807, 2.05) is 6.92 Å². The van der Waals surface area contributed by atoms with Gasteiger partial charge in [0.2, 0.25) is 0 Å². The Hall–Kier alpha value is -1.48. The van der Waals surface area contributed by atoms with Crippen molar-refractivity contribution in [3.63, 3.8) is 0 Å². The van der Waals surface area contributed by atoms with Gasteiger partial charge in [-0.15, -0.1) is 0 Å².